The molecule has 1 unspecified atom stereocenters. The van der Waals surface area contributed by atoms with Crippen LogP contribution >= 0.6 is 12.4 Å². The molecule has 1 N–H and O–H groups in total. The van der Waals surface area contributed by atoms with E-state index in [1.54, 1.807) is 6.07 Å². The highest BCUT2D eigenvalue weighted by atomic mass is 35.5. The van der Waals surface area contributed by atoms with Gasteiger partial charge in [0.2, 0.25) is 0 Å². The van der Waals surface area contributed by atoms with Gasteiger partial charge in [-0.1, -0.05) is 0 Å². The van der Waals surface area contributed by atoms with E-state index in [2.05, 4.69) is 11.4 Å². The summed E-state index contributed by atoms with van der Waals surface area (Å²) in [5.74, 6) is 1.20. The molecule has 1 saturated heterocycles. The maximum atomic E-state index is 11.9. The number of aromatic nitrogens is 1. The lowest BCUT2D eigenvalue weighted by molar-refractivity contribution is 0.257. The van der Waals surface area contributed by atoms with Gasteiger partial charge in [-0.05, 0) is 37.4 Å². The summed E-state index contributed by atoms with van der Waals surface area (Å²) in [6.07, 6.45) is 1.25. The van der Waals surface area contributed by atoms with E-state index in [4.69, 9.17) is 0 Å². The Morgan fingerprint density at radius 3 is 3.00 bits per heavy atom. The zero-order valence-corrected chi connectivity index (χ0v) is 10.2. The number of nitrogens with one attached hydrogen (secondary N) is 1. The second-order valence-corrected chi connectivity index (χ2v) is 4.86. The van der Waals surface area contributed by atoms with Crippen LogP contribution in [0.15, 0.2) is 16.9 Å². The van der Waals surface area contributed by atoms with E-state index in [1.807, 2.05) is 11.5 Å². The molecule has 0 aromatic carbocycles. The van der Waals surface area contributed by atoms with Gasteiger partial charge >= 0.3 is 0 Å². The Morgan fingerprint density at radius 1 is 1.38 bits per heavy atom. The molecule has 1 aromatic heterocycles. The van der Waals surface area contributed by atoms with Crippen molar-refractivity contribution in [3.63, 3.8) is 0 Å². The molecule has 2 aliphatic rings. The first-order valence-corrected chi connectivity index (χ1v) is 5.66. The van der Waals surface area contributed by atoms with Gasteiger partial charge in [0.05, 0.1) is 0 Å². The van der Waals surface area contributed by atoms with Crippen molar-refractivity contribution in [2.24, 2.45) is 5.92 Å². The van der Waals surface area contributed by atoms with Crippen molar-refractivity contribution in [1.29, 1.82) is 0 Å². The van der Waals surface area contributed by atoms with E-state index in [1.165, 1.54) is 12.1 Å². The van der Waals surface area contributed by atoms with E-state index >= 15 is 0 Å². The minimum absolute atomic E-state index is 0. The van der Waals surface area contributed by atoms with E-state index in [0.29, 0.717) is 11.8 Å². The molecule has 3 heterocycles. The summed E-state index contributed by atoms with van der Waals surface area (Å²) in [7, 11) is 0. The Balaban J connectivity index is 0.000000963. The van der Waals surface area contributed by atoms with Crippen LogP contribution in [0.25, 0.3) is 0 Å². The monoisotopic (exact) mass is 240 g/mol. The number of fused-ring (bicyclic) bond motifs is 4. The number of halogens is 1. The molecule has 3 rings (SSSR count). The van der Waals surface area contributed by atoms with Crippen LogP contribution < -0.4 is 10.9 Å². The van der Waals surface area contributed by atoms with Crippen LogP contribution in [-0.2, 0) is 6.54 Å². The van der Waals surface area contributed by atoms with Crippen LogP contribution in [0, 0.1) is 12.8 Å². The lowest BCUT2D eigenvalue weighted by Crippen LogP contribution is -2.44. The number of nitrogens with zero attached hydrogens (tertiary/aromatic N) is 1. The van der Waals surface area contributed by atoms with Gasteiger partial charge in [-0.2, -0.15) is 0 Å². The van der Waals surface area contributed by atoms with Gasteiger partial charge in [-0.15, -0.1) is 12.4 Å². The molecule has 0 spiro atoms. The standard InChI is InChI=1S/C12H16N2O.ClH/c1-8-2-11-10-4-9(5-13-6-10)7-14(11)12(15)3-8;/h2-3,9-10,13H,4-7H2,1H3;1H/t9?,10-;/m0./s1. The van der Waals surface area contributed by atoms with Crippen molar-refractivity contribution < 1.29 is 0 Å². The molecule has 0 radical (unpaired) electrons. The zero-order chi connectivity index (χ0) is 10.4. The van der Waals surface area contributed by atoms with Crippen LogP contribution in [0.5, 0.6) is 0 Å². The third-order valence-electron chi connectivity index (χ3n) is 3.61. The van der Waals surface area contributed by atoms with Crippen molar-refractivity contribution in [3.8, 4) is 0 Å². The van der Waals surface area contributed by atoms with Crippen LogP contribution in [0.2, 0.25) is 0 Å². The first-order chi connectivity index (χ1) is 7.24. The summed E-state index contributed by atoms with van der Waals surface area (Å²) in [4.78, 5) is 11.9. The molecule has 3 nitrogen and oxygen atoms in total. The first kappa shape index (κ1) is 11.7. The Morgan fingerprint density at radius 2 is 2.19 bits per heavy atom. The normalized spacial score (nSPS) is 26.8. The molecule has 16 heavy (non-hydrogen) atoms. The first-order valence-electron chi connectivity index (χ1n) is 5.66. The number of hydrogen-bond donors (Lipinski definition) is 1. The molecule has 2 aliphatic heterocycles. The summed E-state index contributed by atoms with van der Waals surface area (Å²) in [6, 6.07) is 3.92. The number of rotatable bonds is 0. The van der Waals surface area contributed by atoms with E-state index in [0.717, 1.165) is 25.2 Å². The lowest BCUT2D eigenvalue weighted by Gasteiger charge is -2.37. The van der Waals surface area contributed by atoms with Gasteiger partial charge in [0.1, 0.15) is 0 Å². The molecule has 0 amide bonds. The highest BCUT2D eigenvalue weighted by Crippen LogP contribution is 2.31. The largest absolute Gasteiger partial charge is 0.316 e. The van der Waals surface area contributed by atoms with E-state index < -0.39 is 0 Å². The predicted molar refractivity (Wildman–Crippen MR) is 66.4 cm³/mol. The molecular weight excluding hydrogens is 224 g/mol. The van der Waals surface area contributed by atoms with Gasteiger partial charge in [0.25, 0.3) is 5.56 Å². The van der Waals surface area contributed by atoms with Gasteiger partial charge < -0.3 is 9.88 Å². The van der Waals surface area contributed by atoms with Gasteiger partial charge in [-0.25, -0.2) is 0 Å². The van der Waals surface area contributed by atoms with Gasteiger partial charge in [-0.3, -0.25) is 4.79 Å². The summed E-state index contributed by atoms with van der Waals surface area (Å²) >= 11 is 0. The van der Waals surface area contributed by atoms with Crippen molar-refractivity contribution >= 4 is 12.4 Å². The second-order valence-electron chi connectivity index (χ2n) is 4.86. The number of piperidine rings is 1. The van der Waals surface area contributed by atoms with Crippen LogP contribution in [0.4, 0.5) is 0 Å². The third-order valence-corrected chi connectivity index (χ3v) is 3.61. The minimum Gasteiger partial charge on any atom is -0.316 e. The van der Waals surface area contributed by atoms with E-state index in [-0.39, 0.29) is 18.0 Å². The number of aryl methyl sites for hydroxylation is 1. The minimum atomic E-state index is 0. The lowest BCUT2D eigenvalue weighted by atomic mass is 9.84. The highest BCUT2D eigenvalue weighted by Gasteiger charge is 2.30. The molecule has 1 fully saturated rings. The molecule has 2 bridgehead atoms. The average Bonchev–Trinajstić information content (AvgIpc) is 2.21. The Bertz CT molecular complexity index is 455. The molecule has 1 aromatic rings. The Hall–Kier alpha value is -0.800. The van der Waals surface area contributed by atoms with Crippen molar-refractivity contribution in [3.05, 3.63) is 33.7 Å². The quantitative estimate of drug-likeness (QED) is 0.742. The zero-order valence-electron chi connectivity index (χ0n) is 9.40. The number of hydrogen-bond acceptors (Lipinski definition) is 2. The van der Waals surface area contributed by atoms with Crippen molar-refractivity contribution in [2.45, 2.75) is 25.8 Å². The summed E-state index contributed by atoms with van der Waals surface area (Å²) in [5, 5.41) is 3.45. The second kappa shape index (κ2) is 4.22. The fourth-order valence-electron chi connectivity index (χ4n) is 2.94. The molecule has 4 heteroatoms. The van der Waals surface area contributed by atoms with Crippen LogP contribution in [0.1, 0.15) is 23.6 Å². The van der Waals surface area contributed by atoms with Crippen LogP contribution in [-0.4, -0.2) is 17.7 Å². The van der Waals surface area contributed by atoms with Crippen molar-refractivity contribution in [2.75, 3.05) is 13.1 Å². The predicted octanol–water partition coefficient (Wildman–Crippen LogP) is 1.29. The third kappa shape index (κ3) is 1.78. The smallest absolute Gasteiger partial charge is 0.250 e. The van der Waals surface area contributed by atoms with E-state index in [9.17, 15) is 4.79 Å². The SMILES string of the molecule is Cc1cc2n(c(=O)c1)CC1CNC[C@@H]2C1.Cl. The fourth-order valence-corrected chi connectivity index (χ4v) is 2.94. The molecule has 0 saturated carbocycles. The average molecular weight is 241 g/mol. The summed E-state index contributed by atoms with van der Waals surface area (Å²) in [5.41, 5.74) is 2.51. The maximum Gasteiger partial charge on any atom is 0.250 e. The Kier molecular flexibility index (Phi) is 3.08. The van der Waals surface area contributed by atoms with Gasteiger partial charge in [0, 0.05) is 30.8 Å². The Labute approximate surface area is 101 Å². The van der Waals surface area contributed by atoms with Gasteiger partial charge in [0.15, 0.2) is 0 Å². The van der Waals surface area contributed by atoms with Crippen LogP contribution in [0.3, 0.4) is 0 Å². The molecule has 0 aliphatic carbocycles. The fraction of sp³-hybridized carbons (Fsp3) is 0.583. The number of pyridine rings is 1. The topological polar surface area (TPSA) is 34.0 Å². The highest BCUT2D eigenvalue weighted by molar-refractivity contribution is 5.85. The molecular formula is C12H17ClN2O. The maximum absolute atomic E-state index is 11.9. The molecule has 88 valence electrons. The molecule has 2 atom stereocenters. The summed E-state index contributed by atoms with van der Waals surface area (Å²) < 4.78 is 1.98. The van der Waals surface area contributed by atoms with Crippen molar-refractivity contribution in [1.82, 2.24) is 9.88 Å². The summed E-state index contributed by atoms with van der Waals surface area (Å²) in [6.45, 7) is 5.00.